The topological polar surface area (TPSA) is 49.3 Å². The van der Waals surface area contributed by atoms with Gasteiger partial charge in [0.1, 0.15) is 0 Å². The summed E-state index contributed by atoms with van der Waals surface area (Å²) >= 11 is 0. The van der Waals surface area contributed by atoms with Crippen molar-refractivity contribution in [2.24, 2.45) is 0 Å². The first-order chi connectivity index (χ1) is 6.31. The summed E-state index contributed by atoms with van der Waals surface area (Å²) in [6.45, 7) is 0.0322. The Bertz CT molecular complexity index is 335. The summed E-state index contributed by atoms with van der Waals surface area (Å²) < 4.78 is 0. The maximum Gasteiger partial charge on any atom is 0.225 e. The molecule has 13 heavy (non-hydrogen) atoms. The maximum atomic E-state index is 11.2. The van der Waals surface area contributed by atoms with Crippen LogP contribution < -0.4 is 5.32 Å². The highest BCUT2D eigenvalue weighted by molar-refractivity contribution is 5.94. The highest BCUT2D eigenvalue weighted by Gasteiger charge is 2.23. The molecule has 1 heterocycles. The van der Waals surface area contributed by atoms with E-state index in [-0.39, 0.29) is 18.4 Å². The summed E-state index contributed by atoms with van der Waals surface area (Å²) in [6.07, 6.45) is 0.382. The van der Waals surface area contributed by atoms with Gasteiger partial charge in [0.05, 0.1) is 6.61 Å². The highest BCUT2D eigenvalue weighted by Crippen LogP contribution is 2.30. The van der Waals surface area contributed by atoms with Gasteiger partial charge in [-0.15, -0.1) is 0 Å². The fourth-order valence-electron chi connectivity index (χ4n) is 1.66. The minimum atomic E-state index is -0.0371. The Kier molecular flexibility index (Phi) is 2.02. The molecule has 0 bridgehead atoms. The van der Waals surface area contributed by atoms with E-state index in [9.17, 15) is 4.79 Å². The Balaban J connectivity index is 2.42. The Labute approximate surface area is 76.4 Å². The summed E-state index contributed by atoms with van der Waals surface area (Å²) in [5.41, 5.74) is 1.86. The van der Waals surface area contributed by atoms with E-state index in [4.69, 9.17) is 5.11 Å². The molecular weight excluding hydrogens is 166 g/mol. The summed E-state index contributed by atoms with van der Waals surface area (Å²) in [5, 5.41) is 11.8. The van der Waals surface area contributed by atoms with Crippen LogP contribution in [0.15, 0.2) is 24.3 Å². The predicted octanol–water partition coefficient (Wildman–Crippen LogP) is 1.10. The molecule has 1 aliphatic heterocycles. The molecule has 0 radical (unpaired) electrons. The molecule has 0 saturated heterocycles. The van der Waals surface area contributed by atoms with Crippen LogP contribution in [0, 0.1) is 0 Å². The van der Waals surface area contributed by atoms with Gasteiger partial charge in [-0.05, 0) is 11.6 Å². The number of aliphatic hydroxyl groups is 1. The number of hydrogen-bond donors (Lipinski definition) is 2. The summed E-state index contributed by atoms with van der Waals surface area (Å²) in [6, 6.07) is 7.59. The van der Waals surface area contributed by atoms with E-state index >= 15 is 0 Å². The monoisotopic (exact) mass is 177 g/mol. The molecule has 1 amide bonds. The summed E-state index contributed by atoms with van der Waals surface area (Å²) in [7, 11) is 0. The second-order valence-electron chi connectivity index (χ2n) is 3.22. The molecule has 3 heteroatoms. The smallest absolute Gasteiger partial charge is 0.225 e. The number of carbonyl (C=O) groups excluding carboxylic acids is 1. The van der Waals surface area contributed by atoms with Crippen LogP contribution in [0.2, 0.25) is 0 Å². The van der Waals surface area contributed by atoms with Gasteiger partial charge in [-0.1, -0.05) is 18.2 Å². The maximum absolute atomic E-state index is 11.2. The zero-order chi connectivity index (χ0) is 9.26. The third-order valence-corrected chi connectivity index (χ3v) is 2.33. The Morgan fingerprint density at radius 1 is 1.46 bits per heavy atom. The molecule has 0 saturated carbocycles. The van der Waals surface area contributed by atoms with Gasteiger partial charge in [0.25, 0.3) is 0 Å². The Morgan fingerprint density at radius 3 is 3.00 bits per heavy atom. The molecule has 1 aliphatic rings. The SMILES string of the molecule is O=C1CC(CO)c2ccccc2N1. The highest BCUT2D eigenvalue weighted by atomic mass is 16.3. The van der Waals surface area contributed by atoms with E-state index < -0.39 is 0 Å². The fraction of sp³-hybridized carbons (Fsp3) is 0.300. The number of carbonyl (C=O) groups is 1. The Hall–Kier alpha value is -1.35. The van der Waals surface area contributed by atoms with Crippen molar-refractivity contribution in [1.82, 2.24) is 0 Å². The number of para-hydroxylation sites is 1. The quantitative estimate of drug-likeness (QED) is 0.675. The molecule has 1 aromatic carbocycles. The zero-order valence-corrected chi connectivity index (χ0v) is 7.16. The molecule has 68 valence electrons. The van der Waals surface area contributed by atoms with Crippen LogP contribution >= 0.6 is 0 Å². The van der Waals surface area contributed by atoms with E-state index in [2.05, 4.69) is 5.32 Å². The molecule has 1 aromatic rings. The van der Waals surface area contributed by atoms with Gasteiger partial charge in [0.15, 0.2) is 0 Å². The van der Waals surface area contributed by atoms with E-state index in [1.54, 1.807) is 0 Å². The first-order valence-corrected chi connectivity index (χ1v) is 4.31. The molecule has 1 unspecified atom stereocenters. The van der Waals surface area contributed by atoms with E-state index in [0.717, 1.165) is 11.3 Å². The van der Waals surface area contributed by atoms with Crippen molar-refractivity contribution in [3.63, 3.8) is 0 Å². The van der Waals surface area contributed by atoms with Crippen LogP contribution in [0.1, 0.15) is 17.9 Å². The first kappa shape index (κ1) is 8.26. The van der Waals surface area contributed by atoms with Crippen molar-refractivity contribution in [1.29, 1.82) is 0 Å². The Morgan fingerprint density at radius 2 is 2.23 bits per heavy atom. The van der Waals surface area contributed by atoms with Crippen LogP contribution in [-0.2, 0) is 4.79 Å². The molecule has 3 nitrogen and oxygen atoms in total. The number of amides is 1. The van der Waals surface area contributed by atoms with Crippen molar-refractivity contribution in [2.45, 2.75) is 12.3 Å². The van der Waals surface area contributed by atoms with Crippen LogP contribution in [0.4, 0.5) is 5.69 Å². The lowest BCUT2D eigenvalue weighted by molar-refractivity contribution is -0.117. The third kappa shape index (κ3) is 1.42. The van der Waals surface area contributed by atoms with Crippen LogP contribution in [0.3, 0.4) is 0 Å². The number of rotatable bonds is 1. The molecule has 0 spiro atoms. The summed E-state index contributed by atoms with van der Waals surface area (Å²) in [4.78, 5) is 11.2. The number of aliphatic hydroxyl groups excluding tert-OH is 1. The number of anilines is 1. The first-order valence-electron chi connectivity index (χ1n) is 4.31. The summed E-state index contributed by atoms with van der Waals surface area (Å²) in [5.74, 6) is -0.0531. The second kappa shape index (κ2) is 3.18. The van der Waals surface area contributed by atoms with E-state index in [0.29, 0.717) is 6.42 Å². The van der Waals surface area contributed by atoms with E-state index in [1.807, 2.05) is 24.3 Å². The standard InChI is InChI=1S/C10H11NO2/c12-6-7-5-10(13)11-9-4-2-1-3-8(7)9/h1-4,7,12H,5-6H2,(H,11,13). The fourth-order valence-corrected chi connectivity index (χ4v) is 1.66. The molecule has 0 aromatic heterocycles. The minimum Gasteiger partial charge on any atom is -0.396 e. The van der Waals surface area contributed by atoms with Gasteiger partial charge in [0, 0.05) is 18.0 Å². The minimum absolute atomic E-state index is 0.0160. The van der Waals surface area contributed by atoms with Crippen molar-refractivity contribution in [3.8, 4) is 0 Å². The van der Waals surface area contributed by atoms with Crippen LogP contribution in [0.5, 0.6) is 0 Å². The van der Waals surface area contributed by atoms with Gasteiger partial charge in [-0.3, -0.25) is 4.79 Å². The molecule has 0 fully saturated rings. The lowest BCUT2D eigenvalue weighted by Gasteiger charge is -2.23. The van der Waals surface area contributed by atoms with Crippen molar-refractivity contribution >= 4 is 11.6 Å². The van der Waals surface area contributed by atoms with Crippen molar-refractivity contribution in [3.05, 3.63) is 29.8 Å². The molecular formula is C10H11NO2. The zero-order valence-electron chi connectivity index (χ0n) is 7.16. The van der Waals surface area contributed by atoms with Crippen LogP contribution in [-0.4, -0.2) is 17.6 Å². The van der Waals surface area contributed by atoms with Crippen LogP contribution in [0.25, 0.3) is 0 Å². The number of fused-ring (bicyclic) bond motifs is 1. The molecule has 2 N–H and O–H groups in total. The van der Waals surface area contributed by atoms with Gasteiger partial charge in [0.2, 0.25) is 5.91 Å². The van der Waals surface area contributed by atoms with Gasteiger partial charge < -0.3 is 10.4 Å². The van der Waals surface area contributed by atoms with Crippen molar-refractivity contribution in [2.75, 3.05) is 11.9 Å². The lowest BCUT2D eigenvalue weighted by atomic mass is 9.91. The number of benzene rings is 1. The van der Waals surface area contributed by atoms with E-state index in [1.165, 1.54) is 0 Å². The lowest BCUT2D eigenvalue weighted by Crippen LogP contribution is -2.24. The number of nitrogens with one attached hydrogen (secondary N) is 1. The average molecular weight is 177 g/mol. The van der Waals surface area contributed by atoms with Gasteiger partial charge in [-0.25, -0.2) is 0 Å². The molecule has 1 atom stereocenters. The molecule has 2 rings (SSSR count). The number of hydrogen-bond acceptors (Lipinski definition) is 2. The van der Waals surface area contributed by atoms with Crippen molar-refractivity contribution < 1.29 is 9.90 Å². The van der Waals surface area contributed by atoms with Gasteiger partial charge in [-0.2, -0.15) is 0 Å². The average Bonchev–Trinajstić information content (AvgIpc) is 2.16. The third-order valence-electron chi connectivity index (χ3n) is 2.33. The largest absolute Gasteiger partial charge is 0.396 e. The predicted molar refractivity (Wildman–Crippen MR) is 49.5 cm³/mol. The van der Waals surface area contributed by atoms with Gasteiger partial charge >= 0.3 is 0 Å². The second-order valence-corrected chi connectivity index (χ2v) is 3.22. The normalized spacial score (nSPS) is 20.7. The molecule has 0 aliphatic carbocycles.